The van der Waals surface area contributed by atoms with Crippen LogP contribution in [0.5, 0.6) is 23.1 Å². The number of aromatic nitrogens is 1. The molecule has 98 valence electrons. The maximum absolute atomic E-state index is 5.67. The van der Waals surface area contributed by atoms with Crippen LogP contribution in [0, 0.1) is 0 Å². The molecular weight excluding hydrogens is 250 g/mol. The summed E-state index contributed by atoms with van der Waals surface area (Å²) in [7, 11) is 0. The van der Waals surface area contributed by atoms with Crippen LogP contribution in [0.1, 0.15) is 0 Å². The highest BCUT2D eigenvalue weighted by Crippen LogP contribution is 2.23. The summed E-state index contributed by atoms with van der Waals surface area (Å²) in [4.78, 5) is 4.22. The van der Waals surface area contributed by atoms with Crippen molar-refractivity contribution in [2.24, 2.45) is 0 Å². The zero-order chi connectivity index (χ0) is 13.6. The van der Waals surface area contributed by atoms with Gasteiger partial charge in [-0.3, -0.25) is 0 Å². The molecule has 3 aromatic rings. The Morgan fingerprint density at radius 2 is 1.15 bits per heavy atom. The minimum Gasteiger partial charge on any atom is -0.456 e. The number of rotatable bonds is 4. The summed E-state index contributed by atoms with van der Waals surface area (Å²) in [6.45, 7) is 0. The van der Waals surface area contributed by atoms with Gasteiger partial charge in [0.15, 0.2) is 0 Å². The van der Waals surface area contributed by atoms with Crippen molar-refractivity contribution in [3.8, 4) is 23.1 Å². The zero-order valence-corrected chi connectivity index (χ0v) is 10.8. The number of pyridine rings is 1. The van der Waals surface area contributed by atoms with Crippen LogP contribution in [-0.4, -0.2) is 4.98 Å². The quantitative estimate of drug-likeness (QED) is 0.685. The number of ether oxygens (including phenoxy) is 2. The molecule has 0 saturated carbocycles. The van der Waals surface area contributed by atoms with Crippen LogP contribution in [0.2, 0.25) is 0 Å². The third-order valence-corrected chi connectivity index (χ3v) is 2.65. The minimum atomic E-state index is 0.539. The topological polar surface area (TPSA) is 31.4 Å². The lowest BCUT2D eigenvalue weighted by atomic mass is 10.3. The Kier molecular flexibility index (Phi) is 3.60. The first kappa shape index (κ1) is 12.2. The van der Waals surface area contributed by atoms with Crippen LogP contribution >= 0.6 is 0 Å². The molecule has 0 saturated heterocycles. The smallest absolute Gasteiger partial charge is 0.219 e. The second kappa shape index (κ2) is 5.89. The van der Waals surface area contributed by atoms with Crippen molar-refractivity contribution in [1.29, 1.82) is 0 Å². The first-order chi connectivity index (χ1) is 9.90. The molecule has 0 aliphatic rings. The average molecular weight is 263 g/mol. The van der Waals surface area contributed by atoms with Crippen molar-refractivity contribution >= 4 is 0 Å². The Morgan fingerprint density at radius 1 is 0.550 bits per heavy atom. The number of hydrogen-bond donors (Lipinski definition) is 0. The molecule has 3 heteroatoms. The molecule has 0 aliphatic carbocycles. The summed E-state index contributed by atoms with van der Waals surface area (Å²) in [6.07, 6.45) is 1.64. The van der Waals surface area contributed by atoms with E-state index in [-0.39, 0.29) is 0 Å². The van der Waals surface area contributed by atoms with E-state index in [0.717, 1.165) is 11.5 Å². The van der Waals surface area contributed by atoms with Gasteiger partial charge in [0.1, 0.15) is 17.2 Å². The van der Waals surface area contributed by atoms with Crippen LogP contribution in [0.15, 0.2) is 79.0 Å². The molecule has 1 aromatic heterocycles. The fourth-order valence-electron chi connectivity index (χ4n) is 1.72. The van der Waals surface area contributed by atoms with Gasteiger partial charge in [-0.15, -0.1) is 0 Å². The molecule has 0 N–H and O–H groups in total. The first-order valence-corrected chi connectivity index (χ1v) is 6.32. The fourth-order valence-corrected chi connectivity index (χ4v) is 1.72. The predicted octanol–water partition coefficient (Wildman–Crippen LogP) is 4.67. The van der Waals surface area contributed by atoms with Crippen molar-refractivity contribution in [2.75, 3.05) is 0 Å². The second-order valence-electron chi connectivity index (χ2n) is 4.16. The van der Waals surface area contributed by atoms with Crippen LogP contribution in [-0.2, 0) is 0 Å². The SMILES string of the molecule is c1ccc(Oc2ccc(Oc3ccccc3)nc2)cc1. The van der Waals surface area contributed by atoms with E-state index >= 15 is 0 Å². The molecule has 1 heterocycles. The molecule has 0 fully saturated rings. The molecule has 0 bridgehead atoms. The lowest BCUT2D eigenvalue weighted by molar-refractivity contribution is 0.451. The van der Waals surface area contributed by atoms with E-state index in [1.807, 2.05) is 66.7 Å². The Labute approximate surface area is 117 Å². The zero-order valence-electron chi connectivity index (χ0n) is 10.8. The highest BCUT2D eigenvalue weighted by molar-refractivity contribution is 5.32. The lowest BCUT2D eigenvalue weighted by Gasteiger charge is -2.07. The van der Waals surface area contributed by atoms with Crippen molar-refractivity contribution in [2.45, 2.75) is 0 Å². The highest BCUT2D eigenvalue weighted by atomic mass is 16.5. The van der Waals surface area contributed by atoms with Crippen molar-refractivity contribution < 1.29 is 9.47 Å². The molecule has 20 heavy (non-hydrogen) atoms. The Balaban J connectivity index is 1.69. The predicted molar refractivity (Wildman–Crippen MR) is 77.3 cm³/mol. The second-order valence-corrected chi connectivity index (χ2v) is 4.16. The molecule has 0 spiro atoms. The van der Waals surface area contributed by atoms with Gasteiger partial charge >= 0.3 is 0 Å². The summed E-state index contributed by atoms with van der Waals surface area (Å²) in [5, 5.41) is 0. The van der Waals surface area contributed by atoms with E-state index in [1.54, 1.807) is 12.3 Å². The molecule has 0 amide bonds. The minimum absolute atomic E-state index is 0.539. The van der Waals surface area contributed by atoms with Gasteiger partial charge < -0.3 is 9.47 Å². The van der Waals surface area contributed by atoms with E-state index in [0.29, 0.717) is 11.6 Å². The van der Waals surface area contributed by atoms with E-state index < -0.39 is 0 Å². The van der Waals surface area contributed by atoms with Gasteiger partial charge in [-0.2, -0.15) is 0 Å². The van der Waals surface area contributed by atoms with Crippen molar-refractivity contribution in [1.82, 2.24) is 4.98 Å². The van der Waals surface area contributed by atoms with Gasteiger partial charge in [0.05, 0.1) is 6.20 Å². The maximum atomic E-state index is 5.67. The van der Waals surface area contributed by atoms with Gasteiger partial charge in [-0.05, 0) is 30.3 Å². The Bertz CT molecular complexity index is 591. The number of benzene rings is 2. The summed E-state index contributed by atoms with van der Waals surface area (Å²) in [5.74, 6) is 2.76. The Hall–Kier alpha value is -2.81. The third-order valence-electron chi connectivity index (χ3n) is 2.65. The number of para-hydroxylation sites is 2. The molecular formula is C17H13NO2. The fraction of sp³-hybridized carbons (Fsp3) is 0. The largest absolute Gasteiger partial charge is 0.456 e. The summed E-state index contributed by atoms with van der Waals surface area (Å²) >= 11 is 0. The standard InChI is InChI=1S/C17H13NO2/c1-3-7-14(8-4-1)19-16-11-12-17(18-13-16)20-15-9-5-2-6-10-15/h1-13H. The summed E-state index contributed by atoms with van der Waals surface area (Å²) in [6, 6.07) is 22.8. The molecule has 3 nitrogen and oxygen atoms in total. The van der Waals surface area contributed by atoms with Gasteiger partial charge in [-0.1, -0.05) is 36.4 Å². The molecule has 0 radical (unpaired) electrons. The number of nitrogens with zero attached hydrogens (tertiary/aromatic N) is 1. The van der Waals surface area contributed by atoms with Crippen LogP contribution in [0.4, 0.5) is 0 Å². The molecule has 2 aromatic carbocycles. The van der Waals surface area contributed by atoms with Crippen molar-refractivity contribution in [3.63, 3.8) is 0 Å². The monoisotopic (exact) mass is 263 g/mol. The van der Waals surface area contributed by atoms with Gasteiger partial charge in [0.25, 0.3) is 0 Å². The van der Waals surface area contributed by atoms with Crippen LogP contribution < -0.4 is 9.47 Å². The van der Waals surface area contributed by atoms with E-state index in [9.17, 15) is 0 Å². The average Bonchev–Trinajstić information content (AvgIpc) is 2.51. The van der Waals surface area contributed by atoms with Crippen molar-refractivity contribution in [3.05, 3.63) is 79.0 Å². The van der Waals surface area contributed by atoms with E-state index in [4.69, 9.17) is 9.47 Å². The molecule has 0 atom stereocenters. The normalized spacial score (nSPS) is 10.0. The van der Waals surface area contributed by atoms with Gasteiger partial charge in [-0.25, -0.2) is 4.98 Å². The van der Waals surface area contributed by atoms with Crippen LogP contribution in [0.25, 0.3) is 0 Å². The van der Waals surface area contributed by atoms with Gasteiger partial charge in [0.2, 0.25) is 5.88 Å². The number of hydrogen-bond acceptors (Lipinski definition) is 3. The molecule has 0 aliphatic heterocycles. The molecule has 3 rings (SSSR count). The van der Waals surface area contributed by atoms with Gasteiger partial charge in [0, 0.05) is 6.07 Å². The van der Waals surface area contributed by atoms with Crippen LogP contribution in [0.3, 0.4) is 0 Å². The highest BCUT2D eigenvalue weighted by Gasteiger charge is 2.00. The summed E-state index contributed by atoms with van der Waals surface area (Å²) in [5.41, 5.74) is 0. The first-order valence-electron chi connectivity index (χ1n) is 6.32. The van der Waals surface area contributed by atoms with E-state index in [1.165, 1.54) is 0 Å². The third kappa shape index (κ3) is 3.14. The maximum Gasteiger partial charge on any atom is 0.219 e. The summed E-state index contributed by atoms with van der Waals surface area (Å²) < 4.78 is 11.3. The Morgan fingerprint density at radius 3 is 1.70 bits per heavy atom. The lowest BCUT2D eigenvalue weighted by Crippen LogP contribution is -1.89. The molecule has 0 unspecified atom stereocenters. The van der Waals surface area contributed by atoms with E-state index in [2.05, 4.69) is 4.98 Å².